The van der Waals surface area contributed by atoms with E-state index in [0.717, 1.165) is 0 Å². The summed E-state index contributed by atoms with van der Waals surface area (Å²) in [4.78, 5) is 15.6. The Hall–Kier alpha value is -2.27. The van der Waals surface area contributed by atoms with Gasteiger partial charge in [0, 0.05) is 0 Å². The molecule has 0 radical (unpaired) electrons. The van der Waals surface area contributed by atoms with Crippen molar-refractivity contribution in [3.05, 3.63) is 60.2 Å². The summed E-state index contributed by atoms with van der Waals surface area (Å²) in [5, 5.41) is 2.61. The molecule has 19 heavy (non-hydrogen) atoms. The highest BCUT2D eigenvalue weighted by molar-refractivity contribution is 5.98. The van der Waals surface area contributed by atoms with Gasteiger partial charge in [-0.3, -0.25) is 4.79 Å². The first kappa shape index (κ1) is 13.2. The number of carbonyl (C=O) groups is 1. The minimum atomic E-state index is -1.17. The van der Waals surface area contributed by atoms with E-state index < -0.39 is 11.5 Å². The van der Waals surface area contributed by atoms with Crippen LogP contribution in [0, 0.1) is 5.95 Å². The molecular weight excluding hydrogens is 245 g/mol. The molecule has 0 aliphatic rings. The highest BCUT2D eigenvalue weighted by atomic mass is 19.1. The molecule has 3 N–H and O–H groups in total. The summed E-state index contributed by atoms with van der Waals surface area (Å²) >= 11 is 0. The summed E-state index contributed by atoms with van der Waals surface area (Å²) in [5.74, 6) is -0.983. The van der Waals surface area contributed by atoms with Crippen molar-refractivity contribution in [1.29, 1.82) is 0 Å². The standard InChI is InChI=1S/C14H14FN3O/c1-14(16,10-5-3-2-4-6-10)13(19)18-11-7-8-12(15)17-9-11/h2-9H,16H2,1H3,(H,18,19). The molecule has 0 saturated heterocycles. The summed E-state index contributed by atoms with van der Waals surface area (Å²) in [6, 6.07) is 11.6. The zero-order valence-electron chi connectivity index (χ0n) is 10.4. The first-order valence-corrected chi connectivity index (χ1v) is 5.77. The lowest BCUT2D eigenvalue weighted by Gasteiger charge is -2.23. The van der Waals surface area contributed by atoms with Crippen LogP contribution in [-0.4, -0.2) is 10.9 Å². The van der Waals surface area contributed by atoms with Gasteiger partial charge in [-0.2, -0.15) is 4.39 Å². The van der Waals surface area contributed by atoms with Crippen molar-refractivity contribution in [2.75, 3.05) is 5.32 Å². The smallest absolute Gasteiger partial charge is 0.248 e. The number of hydrogen-bond acceptors (Lipinski definition) is 3. The molecule has 0 bridgehead atoms. The van der Waals surface area contributed by atoms with Gasteiger partial charge in [0.2, 0.25) is 11.9 Å². The van der Waals surface area contributed by atoms with E-state index in [2.05, 4.69) is 10.3 Å². The highest BCUT2D eigenvalue weighted by Crippen LogP contribution is 2.19. The SMILES string of the molecule is CC(N)(C(=O)Nc1ccc(F)nc1)c1ccccc1. The third kappa shape index (κ3) is 2.95. The number of benzene rings is 1. The van der Waals surface area contributed by atoms with E-state index in [9.17, 15) is 9.18 Å². The summed E-state index contributed by atoms with van der Waals surface area (Å²) in [6.07, 6.45) is 1.24. The molecule has 1 aromatic heterocycles. The number of halogens is 1. The molecule has 1 atom stereocenters. The van der Waals surface area contributed by atoms with Gasteiger partial charge in [0.15, 0.2) is 0 Å². The zero-order chi connectivity index (χ0) is 13.9. The zero-order valence-corrected chi connectivity index (χ0v) is 10.4. The Morgan fingerprint density at radius 2 is 1.95 bits per heavy atom. The van der Waals surface area contributed by atoms with Crippen LogP contribution in [0.3, 0.4) is 0 Å². The maximum absolute atomic E-state index is 12.7. The minimum absolute atomic E-state index is 0.382. The van der Waals surface area contributed by atoms with Crippen molar-refractivity contribution in [1.82, 2.24) is 4.98 Å². The molecule has 2 aromatic rings. The number of pyridine rings is 1. The Labute approximate surface area is 110 Å². The molecule has 2 rings (SSSR count). The lowest BCUT2D eigenvalue weighted by Crippen LogP contribution is -2.45. The fraction of sp³-hybridized carbons (Fsp3) is 0.143. The maximum Gasteiger partial charge on any atom is 0.248 e. The monoisotopic (exact) mass is 259 g/mol. The van der Waals surface area contributed by atoms with Crippen LogP contribution in [0.5, 0.6) is 0 Å². The molecule has 0 saturated carbocycles. The van der Waals surface area contributed by atoms with Gasteiger partial charge in [-0.05, 0) is 24.6 Å². The molecule has 4 nitrogen and oxygen atoms in total. The van der Waals surface area contributed by atoms with Crippen molar-refractivity contribution in [2.24, 2.45) is 5.73 Å². The lowest BCUT2D eigenvalue weighted by molar-refractivity contribution is -0.120. The first-order valence-electron chi connectivity index (χ1n) is 5.77. The average molecular weight is 259 g/mol. The second-order valence-corrected chi connectivity index (χ2v) is 4.39. The van der Waals surface area contributed by atoms with Crippen LogP contribution in [0.25, 0.3) is 0 Å². The van der Waals surface area contributed by atoms with Gasteiger partial charge in [0.1, 0.15) is 5.54 Å². The third-order valence-corrected chi connectivity index (χ3v) is 2.83. The van der Waals surface area contributed by atoms with Crippen LogP contribution in [0.2, 0.25) is 0 Å². The Morgan fingerprint density at radius 3 is 2.53 bits per heavy atom. The van der Waals surface area contributed by atoms with Gasteiger partial charge in [-0.25, -0.2) is 4.98 Å². The predicted octanol–water partition coefficient (Wildman–Crippen LogP) is 2.03. The molecule has 1 heterocycles. The molecule has 1 unspecified atom stereocenters. The second kappa shape index (κ2) is 5.16. The second-order valence-electron chi connectivity index (χ2n) is 4.39. The summed E-state index contributed by atoms with van der Waals surface area (Å²) < 4.78 is 12.7. The minimum Gasteiger partial charge on any atom is -0.323 e. The van der Waals surface area contributed by atoms with Crippen molar-refractivity contribution in [3.8, 4) is 0 Å². The fourth-order valence-electron chi connectivity index (χ4n) is 1.63. The van der Waals surface area contributed by atoms with E-state index in [1.54, 1.807) is 19.1 Å². The van der Waals surface area contributed by atoms with Gasteiger partial charge in [0.25, 0.3) is 0 Å². The Bertz CT molecular complexity index is 567. The van der Waals surface area contributed by atoms with Crippen LogP contribution in [0.4, 0.5) is 10.1 Å². The normalized spacial score (nSPS) is 13.6. The summed E-state index contributed by atoms with van der Waals surface area (Å²) in [5.41, 5.74) is 5.98. The number of nitrogens with one attached hydrogen (secondary N) is 1. The van der Waals surface area contributed by atoms with Crippen molar-refractivity contribution in [3.63, 3.8) is 0 Å². The van der Waals surface area contributed by atoms with Gasteiger partial charge in [-0.1, -0.05) is 30.3 Å². The van der Waals surface area contributed by atoms with Crippen molar-refractivity contribution >= 4 is 11.6 Å². The van der Waals surface area contributed by atoms with E-state index >= 15 is 0 Å². The van der Waals surface area contributed by atoms with E-state index in [-0.39, 0.29) is 5.91 Å². The van der Waals surface area contributed by atoms with Gasteiger partial charge < -0.3 is 11.1 Å². The third-order valence-electron chi connectivity index (χ3n) is 2.83. The van der Waals surface area contributed by atoms with Crippen LogP contribution >= 0.6 is 0 Å². The molecule has 98 valence electrons. The number of anilines is 1. The molecule has 1 aromatic carbocycles. The largest absolute Gasteiger partial charge is 0.323 e. The van der Waals surface area contributed by atoms with Crippen LogP contribution in [0.1, 0.15) is 12.5 Å². The molecule has 0 aliphatic carbocycles. The number of nitrogens with zero attached hydrogens (tertiary/aromatic N) is 1. The Kier molecular flexibility index (Phi) is 3.57. The molecule has 0 spiro atoms. The van der Waals surface area contributed by atoms with E-state index in [4.69, 9.17) is 5.73 Å². The molecule has 1 amide bonds. The summed E-state index contributed by atoms with van der Waals surface area (Å²) in [7, 11) is 0. The Balaban J connectivity index is 2.17. The van der Waals surface area contributed by atoms with Crippen molar-refractivity contribution in [2.45, 2.75) is 12.5 Å². The van der Waals surface area contributed by atoms with E-state index in [0.29, 0.717) is 11.3 Å². The molecule has 0 fully saturated rings. The van der Waals surface area contributed by atoms with E-state index in [1.165, 1.54) is 18.3 Å². The lowest BCUT2D eigenvalue weighted by atomic mass is 9.92. The maximum atomic E-state index is 12.7. The van der Waals surface area contributed by atoms with Gasteiger partial charge in [0.05, 0.1) is 11.9 Å². The topological polar surface area (TPSA) is 68.0 Å². The first-order chi connectivity index (χ1) is 9.00. The predicted molar refractivity (Wildman–Crippen MR) is 70.8 cm³/mol. The number of hydrogen-bond donors (Lipinski definition) is 2. The summed E-state index contributed by atoms with van der Waals surface area (Å²) in [6.45, 7) is 1.62. The molecular formula is C14H14FN3O. The Morgan fingerprint density at radius 1 is 1.26 bits per heavy atom. The van der Waals surface area contributed by atoms with Gasteiger partial charge >= 0.3 is 0 Å². The van der Waals surface area contributed by atoms with Crippen molar-refractivity contribution < 1.29 is 9.18 Å². The number of rotatable bonds is 3. The number of nitrogens with two attached hydrogens (primary N) is 1. The fourth-order valence-corrected chi connectivity index (χ4v) is 1.63. The van der Waals surface area contributed by atoms with Crippen LogP contribution in [-0.2, 0) is 10.3 Å². The van der Waals surface area contributed by atoms with Crippen LogP contribution in [0.15, 0.2) is 48.7 Å². The number of amides is 1. The molecule has 5 heteroatoms. The number of carbonyl (C=O) groups excluding carboxylic acids is 1. The van der Waals surface area contributed by atoms with Crippen LogP contribution < -0.4 is 11.1 Å². The highest BCUT2D eigenvalue weighted by Gasteiger charge is 2.30. The number of aromatic nitrogens is 1. The average Bonchev–Trinajstić information content (AvgIpc) is 2.42. The van der Waals surface area contributed by atoms with Gasteiger partial charge in [-0.15, -0.1) is 0 Å². The molecule has 0 aliphatic heterocycles. The van der Waals surface area contributed by atoms with E-state index in [1.807, 2.05) is 18.2 Å². The quantitative estimate of drug-likeness (QED) is 0.829.